The van der Waals surface area contributed by atoms with Gasteiger partial charge in [0.15, 0.2) is 17.6 Å². The Bertz CT molecular complexity index is 1420. The summed E-state index contributed by atoms with van der Waals surface area (Å²) in [5.41, 5.74) is 4.96. The number of terminal acetylenes is 1. The van der Waals surface area contributed by atoms with Crippen molar-refractivity contribution in [2.24, 2.45) is 16.6 Å². The minimum atomic E-state index is -3.31. The van der Waals surface area contributed by atoms with E-state index in [1.54, 1.807) is 6.07 Å². The number of aromatic nitrogens is 4. The van der Waals surface area contributed by atoms with E-state index in [0.717, 1.165) is 0 Å². The van der Waals surface area contributed by atoms with E-state index in [9.17, 15) is 18.3 Å². The second kappa shape index (κ2) is 7.96. The number of alkyl halides is 2. The van der Waals surface area contributed by atoms with Crippen molar-refractivity contribution in [1.82, 2.24) is 19.9 Å². The molecule has 180 valence electrons. The molecule has 2 aliphatic rings. The fraction of sp³-hybridized carbons (Fsp3) is 0.318. The third kappa shape index (κ3) is 3.43. The SMILES string of the molecule is C#CCOc1cnc2c(Nc3cnc(F)c([C@@]4(C)N=C(N)S[C@]5(CO)[C@H]4C5(F)F)c3)nccc2n1. The maximum absolute atomic E-state index is 14.9. The molecular weight excluding hydrogens is 483 g/mol. The smallest absolute Gasteiger partial charge is 0.272 e. The summed E-state index contributed by atoms with van der Waals surface area (Å²) in [6.45, 7) is 0.556. The van der Waals surface area contributed by atoms with Crippen molar-refractivity contribution in [2.45, 2.75) is 23.1 Å². The van der Waals surface area contributed by atoms with E-state index in [2.05, 4.69) is 36.2 Å². The predicted octanol–water partition coefficient (Wildman–Crippen LogP) is 2.59. The molecule has 3 aromatic rings. The molecule has 0 saturated heterocycles. The zero-order valence-electron chi connectivity index (χ0n) is 18.2. The lowest BCUT2D eigenvalue weighted by atomic mass is 9.86. The summed E-state index contributed by atoms with van der Waals surface area (Å²) in [7, 11) is 0. The number of amidine groups is 1. The number of anilines is 2. The van der Waals surface area contributed by atoms with Gasteiger partial charge in [-0.3, -0.25) is 4.99 Å². The molecule has 3 aromatic heterocycles. The predicted molar refractivity (Wildman–Crippen MR) is 124 cm³/mol. The van der Waals surface area contributed by atoms with E-state index < -0.39 is 34.7 Å². The fourth-order valence-corrected chi connectivity index (χ4v) is 5.89. The highest BCUT2D eigenvalue weighted by molar-refractivity contribution is 8.15. The number of pyridine rings is 2. The summed E-state index contributed by atoms with van der Waals surface area (Å²) < 4.78 is 48.0. The van der Waals surface area contributed by atoms with E-state index in [1.807, 2.05) is 0 Å². The van der Waals surface area contributed by atoms with Crippen LogP contribution in [0.3, 0.4) is 0 Å². The Balaban J connectivity index is 1.52. The molecule has 0 aromatic carbocycles. The van der Waals surface area contributed by atoms with E-state index in [4.69, 9.17) is 16.9 Å². The molecule has 1 aliphatic heterocycles. The minimum Gasteiger partial charge on any atom is -0.463 e. The molecule has 1 aliphatic carbocycles. The Hall–Kier alpha value is -3.63. The van der Waals surface area contributed by atoms with Gasteiger partial charge in [0.1, 0.15) is 15.8 Å². The van der Waals surface area contributed by atoms with Crippen molar-refractivity contribution in [3.05, 3.63) is 42.2 Å². The standard InChI is InChI=1S/C22H18F3N7O2S/c1-3-6-34-14-9-28-15-13(31-14)4-5-27-17(15)30-11-7-12(16(23)29-8-11)20(2)18-21(10-33,22(18,24)25)35-19(26)32-20/h1,4-5,7-9,18,33H,6,10H2,2H3,(H2,26,32)(H,27,30)/t18-,20+,21+/m0/s1. The molecule has 35 heavy (non-hydrogen) atoms. The molecule has 0 bridgehead atoms. The zero-order valence-corrected chi connectivity index (χ0v) is 19.0. The van der Waals surface area contributed by atoms with Gasteiger partial charge in [0.25, 0.3) is 5.92 Å². The number of nitrogens with two attached hydrogens (primary N) is 1. The van der Waals surface area contributed by atoms with Crippen molar-refractivity contribution >= 4 is 39.5 Å². The number of ether oxygens (including phenoxy) is 1. The van der Waals surface area contributed by atoms with Crippen LogP contribution >= 0.6 is 11.8 Å². The van der Waals surface area contributed by atoms with Crippen LogP contribution in [0.25, 0.3) is 11.0 Å². The van der Waals surface area contributed by atoms with Crippen LogP contribution in [0.4, 0.5) is 24.7 Å². The molecular formula is C22H18F3N7O2S. The first-order valence-electron chi connectivity index (χ1n) is 10.3. The highest BCUT2D eigenvalue weighted by Crippen LogP contribution is 2.74. The Morgan fingerprint density at radius 3 is 2.86 bits per heavy atom. The first-order chi connectivity index (χ1) is 16.7. The number of rotatable bonds is 6. The summed E-state index contributed by atoms with van der Waals surface area (Å²) in [6, 6.07) is 2.94. The highest BCUT2D eigenvalue weighted by Gasteiger charge is 2.87. The van der Waals surface area contributed by atoms with Crippen LogP contribution in [0, 0.1) is 24.2 Å². The molecule has 13 heteroatoms. The van der Waals surface area contributed by atoms with Crippen LogP contribution in [0.1, 0.15) is 12.5 Å². The topological polar surface area (TPSA) is 131 Å². The third-order valence-corrected chi connectivity index (χ3v) is 7.43. The minimum absolute atomic E-state index is 0.0300. The van der Waals surface area contributed by atoms with E-state index in [0.29, 0.717) is 22.8 Å². The number of hydrogen-bond donors (Lipinski definition) is 3. The van der Waals surface area contributed by atoms with Crippen LogP contribution in [-0.4, -0.2) is 54.1 Å². The summed E-state index contributed by atoms with van der Waals surface area (Å²) >= 11 is 0.610. The van der Waals surface area contributed by atoms with Crippen molar-refractivity contribution in [3.8, 4) is 18.2 Å². The van der Waals surface area contributed by atoms with E-state index in [1.165, 1.54) is 31.6 Å². The second-order valence-electron chi connectivity index (χ2n) is 8.22. The van der Waals surface area contributed by atoms with Gasteiger partial charge in [0, 0.05) is 11.8 Å². The van der Waals surface area contributed by atoms with E-state index in [-0.39, 0.29) is 34.7 Å². The number of fused-ring (bicyclic) bond motifs is 2. The quantitative estimate of drug-likeness (QED) is 0.344. The molecule has 5 rings (SSSR count). The van der Waals surface area contributed by atoms with Gasteiger partial charge in [0.2, 0.25) is 11.8 Å². The number of nitrogens with one attached hydrogen (secondary N) is 1. The molecule has 1 saturated carbocycles. The lowest BCUT2D eigenvalue weighted by Crippen LogP contribution is -2.37. The van der Waals surface area contributed by atoms with Crippen LogP contribution in [0.15, 0.2) is 35.7 Å². The maximum Gasteiger partial charge on any atom is 0.272 e. The fourth-order valence-electron chi connectivity index (χ4n) is 4.53. The largest absolute Gasteiger partial charge is 0.463 e. The average Bonchev–Trinajstić information content (AvgIpc) is 3.34. The molecule has 0 amide bonds. The van der Waals surface area contributed by atoms with Crippen LogP contribution in [0.2, 0.25) is 0 Å². The van der Waals surface area contributed by atoms with Gasteiger partial charge in [-0.05, 0) is 19.1 Å². The van der Waals surface area contributed by atoms with Crippen LogP contribution in [0.5, 0.6) is 5.88 Å². The maximum atomic E-state index is 14.9. The van der Waals surface area contributed by atoms with Crippen LogP contribution < -0.4 is 15.8 Å². The number of aliphatic hydroxyl groups is 1. The van der Waals surface area contributed by atoms with Gasteiger partial charge in [-0.1, -0.05) is 17.7 Å². The summed E-state index contributed by atoms with van der Waals surface area (Å²) in [5, 5.41) is 12.6. The molecule has 4 heterocycles. The molecule has 9 nitrogen and oxygen atoms in total. The normalized spacial score (nSPS) is 26.4. The molecule has 1 fully saturated rings. The number of halogens is 3. The van der Waals surface area contributed by atoms with Gasteiger partial charge in [-0.25, -0.2) is 28.7 Å². The van der Waals surface area contributed by atoms with E-state index >= 15 is 0 Å². The molecule has 4 N–H and O–H groups in total. The monoisotopic (exact) mass is 501 g/mol. The second-order valence-corrected chi connectivity index (χ2v) is 9.57. The van der Waals surface area contributed by atoms with Crippen molar-refractivity contribution < 1.29 is 23.0 Å². The average molecular weight is 501 g/mol. The van der Waals surface area contributed by atoms with Gasteiger partial charge in [-0.15, -0.1) is 6.42 Å². The third-order valence-electron chi connectivity index (χ3n) is 6.12. The summed E-state index contributed by atoms with van der Waals surface area (Å²) in [5.74, 6) is -2.92. The first kappa shape index (κ1) is 23.1. The molecule has 0 radical (unpaired) electrons. The van der Waals surface area contributed by atoms with Crippen molar-refractivity contribution in [2.75, 3.05) is 18.5 Å². The number of aliphatic hydroxyl groups excluding tert-OH is 1. The molecule has 0 spiro atoms. The van der Waals surface area contributed by atoms with Gasteiger partial charge >= 0.3 is 0 Å². The Morgan fingerprint density at radius 2 is 2.11 bits per heavy atom. The number of thioether (sulfide) groups is 1. The number of nitrogens with zero attached hydrogens (tertiary/aromatic N) is 5. The Kier molecular flexibility index (Phi) is 5.26. The van der Waals surface area contributed by atoms with Gasteiger partial charge < -0.3 is 20.9 Å². The Morgan fingerprint density at radius 1 is 1.31 bits per heavy atom. The van der Waals surface area contributed by atoms with Crippen molar-refractivity contribution in [1.29, 1.82) is 0 Å². The molecule has 0 unspecified atom stereocenters. The summed E-state index contributed by atoms with van der Waals surface area (Å²) in [4.78, 5) is 20.8. The molecule has 3 atom stereocenters. The zero-order chi connectivity index (χ0) is 25.0. The number of hydrogen-bond acceptors (Lipinski definition) is 10. The van der Waals surface area contributed by atoms with Gasteiger partial charge in [-0.2, -0.15) is 4.39 Å². The van der Waals surface area contributed by atoms with Gasteiger partial charge in [0.05, 0.1) is 36.1 Å². The lowest BCUT2D eigenvalue weighted by Gasteiger charge is -2.31. The lowest BCUT2D eigenvalue weighted by molar-refractivity contribution is 0.0684. The first-order valence-corrected chi connectivity index (χ1v) is 11.1. The highest BCUT2D eigenvalue weighted by atomic mass is 32.2. The Labute approximate surface area is 201 Å². The van der Waals surface area contributed by atoms with Crippen molar-refractivity contribution in [3.63, 3.8) is 0 Å². The number of aliphatic imine (C=N–C) groups is 1. The van der Waals surface area contributed by atoms with Crippen LogP contribution in [-0.2, 0) is 5.54 Å². The summed E-state index contributed by atoms with van der Waals surface area (Å²) in [6.07, 6.45) is 9.24.